The first-order chi connectivity index (χ1) is 22.6. The van der Waals surface area contributed by atoms with E-state index in [0.29, 0.717) is 31.2 Å². The molecule has 0 heterocycles. The van der Waals surface area contributed by atoms with Gasteiger partial charge in [-0.2, -0.15) is 0 Å². The first kappa shape index (κ1) is 35.4. The monoisotopic (exact) mass is 681 g/mol. The lowest BCUT2D eigenvalue weighted by Crippen LogP contribution is -2.51. The van der Waals surface area contributed by atoms with Crippen LogP contribution in [0.25, 0.3) is 0 Å². The first-order valence-corrected chi connectivity index (χ1v) is 17.0. The Morgan fingerprint density at radius 3 is 2.23 bits per heavy atom. The van der Waals surface area contributed by atoms with Gasteiger partial charge in [0.05, 0.1) is 4.90 Å². The number of nitrogens with zero attached hydrogens (tertiary/aromatic N) is 1. The van der Waals surface area contributed by atoms with Crippen LogP contribution in [-0.4, -0.2) is 57.5 Å². The van der Waals surface area contributed by atoms with Crippen LogP contribution in [0.5, 0.6) is 5.75 Å². The minimum atomic E-state index is -3.95. The molecule has 0 saturated heterocycles. The van der Waals surface area contributed by atoms with E-state index in [0.717, 1.165) is 23.3 Å². The third-order valence-corrected chi connectivity index (χ3v) is 8.75. The van der Waals surface area contributed by atoms with Gasteiger partial charge in [0.15, 0.2) is 6.61 Å². The molecule has 0 spiro atoms. The number of nitrogens with one attached hydrogen (secondary N) is 2. The van der Waals surface area contributed by atoms with Crippen molar-refractivity contribution < 1.29 is 31.9 Å². The number of halogens is 2. The number of benzene rings is 4. The molecule has 0 aliphatic rings. The second-order valence-corrected chi connectivity index (χ2v) is 12.7. The van der Waals surface area contributed by atoms with Crippen molar-refractivity contribution in [1.29, 1.82) is 0 Å². The Hall–Kier alpha value is -4.45. The summed E-state index contributed by atoms with van der Waals surface area (Å²) in [6.07, 6.45) is 0.891. The van der Waals surface area contributed by atoms with Crippen LogP contribution in [0.1, 0.15) is 24.5 Å². The van der Waals surface area contributed by atoms with Gasteiger partial charge in [0, 0.05) is 43.4 Å². The molecule has 12 heteroatoms. The van der Waals surface area contributed by atoms with Crippen LogP contribution in [0.15, 0.2) is 108 Å². The highest BCUT2D eigenvalue weighted by atomic mass is 35.5. The number of carbonyl (C=O) groups excluding carboxylic acids is 2. The molecule has 0 fully saturated rings. The standard InChI is InChI=1S/C35H37ClFN3O6S/c1-2-45-22-6-21-38-35(42)33(23-26-7-4-3-5-8-26)40(24-27-9-11-28(36)12-10-27)34(41)25-46-31-17-19-32(20-18-31)47(43,44)39-30-15-13-29(37)14-16-30/h3-5,7-20,33,39H,2,6,21-25H2,1H3,(H,38,42)/t33-/m1/s1. The van der Waals surface area contributed by atoms with E-state index in [-0.39, 0.29) is 35.2 Å². The van der Waals surface area contributed by atoms with Crippen LogP contribution >= 0.6 is 11.6 Å². The number of sulfonamides is 1. The van der Waals surface area contributed by atoms with E-state index in [4.69, 9.17) is 21.1 Å². The molecule has 9 nitrogen and oxygen atoms in total. The molecular weight excluding hydrogens is 645 g/mol. The highest BCUT2D eigenvalue weighted by molar-refractivity contribution is 7.92. The van der Waals surface area contributed by atoms with Crippen molar-refractivity contribution in [1.82, 2.24) is 10.2 Å². The summed E-state index contributed by atoms with van der Waals surface area (Å²) in [6, 6.07) is 26.1. The molecule has 0 aromatic heterocycles. The Morgan fingerprint density at radius 2 is 1.57 bits per heavy atom. The summed E-state index contributed by atoms with van der Waals surface area (Å²) in [7, 11) is -3.95. The van der Waals surface area contributed by atoms with Crippen molar-refractivity contribution in [3.05, 3.63) is 125 Å². The smallest absolute Gasteiger partial charge is 0.261 e. The Balaban J connectivity index is 1.51. The van der Waals surface area contributed by atoms with Gasteiger partial charge in [0.1, 0.15) is 17.6 Å². The van der Waals surface area contributed by atoms with Crippen LogP contribution in [0, 0.1) is 5.82 Å². The highest BCUT2D eigenvalue weighted by Gasteiger charge is 2.30. The van der Waals surface area contributed by atoms with Crippen LogP contribution in [0.3, 0.4) is 0 Å². The lowest BCUT2D eigenvalue weighted by Gasteiger charge is -2.31. The van der Waals surface area contributed by atoms with E-state index in [1.807, 2.05) is 37.3 Å². The maximum Gasteiger partial charge on any atom is 0.261 e. The molecule has 0 radical (unpaired) electrons. The van der Waals surface area contributed by atoms with Crippen molar-refractivity contribution >= 4 is 39.1 Å². The molecule has 0 saturated carbocycles. The largest absolute Gasteiger partial charge is 0.484 e. The van der Waals surface area contributed by atoms with E-state index in [2.05, 4.69) is 10.0 Å². The van der Waals surface area contributed by atoms with Crippen LogP contribution in [-0.2, 0) is 37.3 Å². The van der Waals surface area contributed by atoms with Gasteiger partial charge >= 0.3 is 0 Å². The summed E-state index contributed by atoms with van der Waals surface area (Å²) in [4.78, 5) is 28.9. The van der Waals surface area contributed by atoms with Gasteiger partial charge in [-0.3, -0.25) is 14.3 Å². The molecular formula is C35H37ClFN3O6S. The fourth-order valence-electron chi connectivity index (χ4n) is 4.66. The lowest BCUT2D eigenvalue weighted by molar-refractivity contribution is -0.142. The Bertz CT molecular complexity index is 1690. The molecule has 0 aliphatic heterocycles. The Morgan fingerprint density at radius 1 is 0.894 bits per heavy atom. The zero-order valence-electron chi connectivity index (χ0n) is 25.9. The van der Waals surface area contributed by atoms with Crippen LogP contribution in [0.2, 0.25) is 5.02 Å². The van der Waals surface area contributed by atoms with Crippen LogP contribution in [0.4, 0.5) is 10.1 Å². The maximum atomic E-state index is 13.8. The second-order valence-electron chi connectivity index (χ2n) is 10.6. The maximum absolute atomic E-state index is 13.8. The van der Waals surface area contributed by atoms with Crippen molar-refractivity contribution in [2.24, 2.45) is 0 Å². The van der Waals surface area contributed by atoms with E-state index >= 15 is 0 Å². The normalized spacial score (nSPS) is 11.8. The molecule has 4 aromatic rings. The summed E-state index contributed by atoms with van der Waals surface area (Å²) in [5, 5.41) is 3.49. The van der Waals surface area contributed by atoms with Gasteiger partial charge in [-0.05, 0) is 85.1 Å². The molecule has 4 aromatic carbocycles. The second kappa shape index (κ2) is 17.5. The third kappa shape index (κ3) is 11.1. The molecule has 248 valence electrons. The minimum Gasteiger partial charge on any atom is -0.484 e. The number of anilines is 1. The van der Waals surface area contributed by atoms with Gasteiger partial charge in [0.2, 0.25) is 5.91 Å². The quantitative estimate of drug-likeness (QED) is 0.135. The Labute approximate surface area is 279 Å². The number of rotatable bonds is 17. The number of hydrogen-bond acceptors (Lipinski definition) is 6. The van der Waals surface area contributed by atoms with Crippen molar-refractivity contribution in [2.45, 2.75) is 37.2 Å². The molecule has 0 unspecified atom stereocenters. The van der Waals surface area contributed by atoms with Gasteiger partial charge < -0.3 is 19.7 Å². The zero-order chi connectivity index (χ0) is 33.6. The zero-order valence-corrected chi connectivity index (χ0v) is 27.5. The van der Waals surface area contributed by atoms with E-state index < -0.39 is 34.4 Å². The number of amides is 2. The minimum absolute atomic E-state index is 0.0474. The number of carbonyl (C=O) groups is 2. The Kier molecular flexibility index (Phi) is 13.2. The summed E-state index contributed by atoms with van der Waals surface area (Å²) >= 11 is 6.10. The van der Waals surface area contributed by atoms with Gasteiger partial charge in [-0.15, -0.1) is 0 Å². The topological polar surface area (TPSA) is 114 Å². The van der Waals surface area contributed by atoms with Crippen molar-refractivity contribution in [2.75, 3.05) is 31.1 Å². The number of hydrogen-bond donors (Lipinski definition) is 2. The van der Waals surface area contributed by atoms with Gasteiger partial charge in [-0.25, -0.2) is 12.8 Å². The molecule has 47 heavy (non-hydrogen) atoms. The fourth-order valence-corrected chi connectivity index (χ4v) is 5.85. The summed E-state index contributed by atoms with van der Waals surface area (Å²) in [5.74, 6) is -0.985. The van der Waals surface area contributed by atoms with Gasteiger partial charge in [-0.1, -0.05) is 54.1 Å². The van der Waals surface area contributed by atoms with E-state index in [9.17, 15) is 22.4 Å². The third-order valence-electron chi connectivity index (χ3n) is 7.10. The molecule has 0 aliphatic carbocycles. The fraction of sp³-hybridized carbons (Fsp3) is 0.257. The van der Waals surface area contributed by atoms with Crippen molar-refractivity contribution in [3.63, 3.8) is 0 Å². The molecule has 2 N–H and O–H groups in total. The lowest BCUT2D eigenvalue weighted by atomic mass is 10.0. The average Bonchev–Trinajstić information content (AvgIpc) is 3.07. The summed E-state index contributed by atoms with van der Waals surface area (Å²) < 4.78 is 52.4. The first-order valence-electron chi connectivity index (χ1n) is 15.1. The van der Waals surface area contributed by atoms with Crippen LogP contribution < -0.4 is 14.8 Å². The summed E-state index contributed by atoms with van der Waals surface area (Å²) in [5.41, 5.74) is 1.86. The SMILES string of the molecule is CCOCCCNC(=O)[C@@H](Cc1ccccc1)N(Cc1ccc(Cl)cc1)C(=O)COc1ccc(S(=O)(=O)Nc2ccc(F)cc2)cc1. The van der Waals surface area contributed by atoms with E-state index in [1.54, 1.807) is 24.3 Å². The van der Waals surface area contributed by atoms with Crippen molar-refractivity contribution in [3.8, 4) is 5.75 Å². The summed E-state index contributed by atoms with van der Waals surface area (Å²) in [6.45, 7) is 3.09. The van der Waals surface area contributed by atoms with E-state index in [1.165, 1.54) is 41.3 Å². The molecule has 0 bridgehead atoms. The average molecular weight is 682 g/mol. The highest BCUT2D eigenvalue weighted by Crippen LogP contribution is 2.21. The molecule has 4 rings (SSSR count). The predicted molar refractivity (Wildman–Crippen MR) is 179 cm³/mol. The molecule has 2 amide bonds. The molecule has 1 atom stereocenters. The van der Waals surface area contributed by atoms with Gasteiger partial charge in [0.25, 0.3) is 15.9 Å². The predicted octanol–water partition coefficient (Wildman–Crippen LogP) is 5.84. The number of ether oxygens (including phenoxy) is 2.